The van der Waals surface area contributed by atoms with Gasteiger partial charge in [-0.1, -0.05) is 30.3 Å². The molecule has 0 saturated carbocycles. The number of thiophene rings is 1. The third kappa shape index (κ3) is 4.88. The molecule has 1 aliphatic rings. The van der Waals surface area contributed by atoms with Gasteiger partial charge in [-0.3, -0.25) is 4.79 Å². The van der Waals surface area contributed by atoms with Crippen molar-refractivity contribution >= 4 is 39.8 Å². The number of amides is 1. The van der Waals surface area contributed by atoms with Crippen LogP contribution in [0.15, 0.2) is 59.6 Å². The Labute approximate surface area is 188 Å². The zero-order chi connectivity index (χ0) is 21.6. The second-order valence-corrected chi connectivity index (χ2v) is 8.82. The number of hydrogen-bond acceptors (Lipinski definition) is 4. The van der Waals surface area contributed by atoms with Crippen molar-refractivity contribution < 1.29 is 4.79 Å². The van der Waals surface area contributed by atoms with Crippen molar-refractivity contribution in [3.8, 4) is 0 Å². The number of fused-ring (bicyclic) bond motifs is 1. The number of rotatable bonds is 7. The minimum absolute atomic E-state index is 0.0605. The first-order valence-corrected chi connectivity index (χ1v) is 11.9. The Hall–Kier alpha value is -2.92. The molecule has 1 aromatic heterocycles. The monoisotopic (exact) mass is 431 g/mol. The van der Waals surface area contributed by atoms with Crippen molar-refractivity contribution in [2.75, 3.05) is 23.3 Å². The van der Waals surface area contributed by atoms with Gasteiger partial charge >= 0.3 is 0 Å². The fourth-order valence-corrected chi connectivity index (χ4v) is 5.32. The minimum Gasteiger partial charge on any atom is -0.372 e. The molecule has 0 radical (unpaired) electrons. The third-order valence-electron chi connectivity index (χ3n) is 5.76. The second kappa shape index (κ2) is 9.92. The topological polar surface area (TPSA) is 44.7 Å². The van der Waals surface area contributed by atoms with E-state index >= 15 is 0 Å². The van der Waals surface area contributed by atoms with Crippen LogP contribution in [0, 0.1) is 0 Å². The lowest BCUT2D eigenvalue weighted by Gasteiger charge is -2.20. The largest absolute Gasteiger partial charge is 0.372 e. The number of aryl methyl sites for hydroxylation is 1. The van der Waals surface area contributed by atoms with Gasteiger partial charge in [0, 0.05) is 35.6 Å². The fourth-order valence-electron chi connectivity index (χ4n) is 4.08. The molecular formula is C26H29N3OS. The van der Waals surface area contributed by atoms with Gasteiger partial charge < -0.3 is 10.2 Å². The van der Waals surface area contributed by atoms with E-state index in [0.29, 0.717) is 0 Å². The van der Waals surface area contributed by atoms with E-state index in [-0.39, 0.29) is 5.91 Å². The Morgan fingerprint density at radius 3 is 2.45 bits per heavy atom. The Bertz CT molecular complexity index is 1050. The van der Waals surface area contributed by atoms with Gasteiger partial charge in [0.15, 0.2) is 0 Å². The molecule has 1 amide bonds. The molecule has 0 unspecified atom stereocenters. The van der Waals surface area contributed by atoms with Gasteiger partial charge in [0.05, 0.1) is 5.56 Å². The van der Waals surface area contributed by atoms with Crippen LogP contribution in [-0.4, -0.2) is 25.2 Å². The molecule has 0 spiro atoms. The van der Waals surface area contributed by atoms with Gasteiger partial charge in [0.1, 0.15) is 5.00 Å². The summed E-state index contributed by atoms with van der Waals surface area (Å²) in [6, 6.07) is 18.1. The molecule has 5 heteroatoms. The molecule has 160 valence electrons. The lowest BCUT2D eigenvalue weighted by atomic mass is 9.95. The maximum absolute atomic E-state index is 13.2. The standard InChI is InChI=1S/C26H29N3OS/c1-3-29(4-2)21-16-14-19(15-17-21)18-27-26-24(22-12-8-9-13-23(22)31-26)25(30)28-20-10-6-5-7-11-20/h5-7,10-11,14-18H,3-4,8-9,12-13H2,1-2H3,(H,28,30). The first-order valence-electron chi connectivity index (χ1n) is 11.1. The molecule has 1 aliphatic carbocycles. The molecule has 0 atom stereocenters. The molecule has 2 aromatic carbocycles. The molecule has 4 nitrogen and oxygen atoms in total. The summed E-state index contributed by atoms with van der Waals surface area (Å²) in [5.41, 5.74) is 5.01. The lowest BCUT2D eigenvalue weighted by molar-refractivity contribution is 0.102. The molecule has 3 aromatic rings. The number of hydrogen-bond donors (Lipinski definition) is 1. The van der Waals surface area contributed by atoms with Crippen molar-refractivity contribution in [3.05, 3.63) is 76.2 Å². The van der Waals surface area contributed by atoms with E-state index in [1.54, 1.807) is 11.3 Å². The van der Waals surface area contributed by atoms with Gasteiger partial charge in [0.2, 0.25) is 0 Å². The van der Waals surface area contributed by atoms with Crippen molar-refractivity contribution in [1.82, 2.24) is 0 Å². The quantitative estimate of drug-likeness (QED) is 0.435. The van der Waals surface area contributed by atoms with E-state index in [1.165, 1.54) is 22.5 Å². The van der Waals surface area contributed by atoms with Crippen LogP contribution in [-0.2, 0) is 12.8 Å². The maximum atomic E-state index is 13.2. The summed E-state index contributed by atoms with van der Waals surface area (Å²) in [5, 5.41) is 3.87. The number of carbonyl (C=O) groups excluding carboxylic acids is 1. The van der Waals surface area contributed by atoms with Gasteiger partial charge in [-0.15, -0.1) is 11.3 Å². The Morgan fingerprint density at radius 1 is 1.03 bits per heavy atom. The number of anilines is 2. The Balaban J connectivity index is 1.60. The normalized spacial score (nSPS) is 13.2. The lowest BCUT2D eigenvalue weighted by Crippen LogP contribution is -2.21. The number of benzene rings is 2. The third-order valence-corrected chi connectivity index (χ3v) is 6.96. The average molecular weight is 432 g/mol. The zero-order valence-electron chi connectivity index (χ0n) is 18.2. The van der Waals surface area contributed by atoms with E-state index in [2.05, 4.69) is 48.3 Å². The molecule has 0 aliphatic heterocycles. The summed E-state index contributed by atoms with van der Waals surface area (Å²) in [4.78, 5) is 21.6. The number of aliphatic imine (C=N–C) groups is 1. The number of nitrogens with one attached hydrogen (secondary N) is 1. The SMILES string of the molecule is CCN(CC)c1ccc(C=Nc2sc3c(c2C(=O)Nc2ccccc2)CCCC3)cc1. The molecule has 1 heterocycles. The van der Waals surface area contributed by atoms with Crippen molar-refractivity contribution in [3.63, 3.8) is 0 Å². The molecule has 31 heavy (non-hydrogen) atoms. The summed E-state index contributed by atoms with van der Waals surface area (Å²) in [6.07, 6.45) is 6.19. The van der Waals surface area contributed by atoms with Crippen LogP contribution in [0.3, 0.4) is 0 Å². The van der Waals surface area contributed by atoms with Crippen LogP contribution in [0.4, 0.5) is 16.4 Å². The van der Waals surface area contributed by atoms with Crippen LogP contribution in [0.25, 0.3) is 0 Å². The van der Waals surface area contributed by atoms with Crippen LogP contribution in [0.2, 0.25) is 0 Å². The molecule has 0 fully saturated rings. The first-order chi connectivity index (χ1) is 15.2. The van der Waals surface area contributed by atoms with E-state index in [9.17, 15) is 4.79 Å². The predicted octanol–water partition coefficient (Wildman–Crippen LogP) is 6.48. The molecule has 4 rings (SSSR count). The van der Waals surface area contributed by atoms with Crippen molar-refractivity contribution in [2.24, 2.45) is 4.99 Å². The second-order valence-electron chi connectivity index (χ2n) is 7.73. The summed E-state index contributed by atoms with van der Waals surface area (Å²) in [6.45, 7) is 6.31. The summed E-state index contributed by atoms with van der Waals surface area (Å²) in [7, 11) is 0. The summed E-state index contributed by atoms with van der Waals surface area (Å²) >= 11 is 1.67. The fraction of sp³-hybridized carbons (Fsp3) is 0.308. The minimum atomic E-state index is -0.0605. The number of para-hydroxylation sites is 1. The molecule has 0 saturated heterocycles. The Morgan fingerprint density at radius 2 is 1.74 bits per heavy atom. The zero-order valence-corrected chi connectivity index (χ0v) is 19.0. The molecule has 0 bridgehead atoms. The van der Waals surface area contributed by atoms with E-state index < -0.39 is 0 Å². The predicted molar refractivity (Wildman–Crippen MR) is 133 cm³/mol. The summed E-state index contributed by atoms with van der Waals surface area (Å²) < 4.78 is 0. The van der Waals surface area contributed by atoms with Gasteiger partial charge in [-0.2, -0.15) is 0 Å². The van der Waals surface area contributed by atoms with Crippen LogP contribution >= 0.6 is 11.3 Å². The number of nitrogens with zero attached hydrogens (tertiary/aromatic N) is 2. The van der Waals surface area contributed by atoms with Gasteiger partial charge in [-0.25, -0.2) is 4.99 Å². The van der Waals surface area contributed by atoms with E-state index in [4.69, 9.17) is 4.99 Å². The molecular weight excluding hydrogens is 402 g/mol. The molecule has 1 N–H and O–H groups in total. The highest BCUT2D eigenvalue weighted by Gasteiger charge is 2.25. The highest BCUT2D eigenvalue weighted by molar-refractivity contribution is 7.16. The van der Waals surface area contributed by atoms with Crippen molar-refractivity contribution in [1.29, 1.82) is 0 Å². The van der Waals surface area contributed by atoms with Gasteiger partial charge in [0.25, 0.3) is 5.91 Å². The smallest absolute Gasteiger partial charge is 0.259 e. The summed E-state index contributed by atoms with van der Waals surface area (Å²) in [5.74, 6) is -0.0605. The van der Waals surface area contributed by atoms with Gasteiger partial charge in [-0.05, 0) is 74.9 Å². The highest BCUT2D eigenvalue weighted by atomic mass is 32.1. The van der Waals surface area contributed by atoms with E-state index in [1.807, 2.05) is 36.5 Å². The van der Waals surface area contributed by atoms with Crippen molar-refractivity contribution in [2.45, 2.75) is 39.5 Å². The van der Waals surface area contributed by atoms with Crippen LogP contribution in [0.1, 0.15) is 53.1 Å². The maximum Gasteiger partial charge on any atom is 0.259 e. The van der Waals surface area contributed by atoms with E-state index in [0.717, 1.165) is 54.2 Å². The average Bonchev–Trinajstić information content (AvgIpc) is 3.18. The number of carbonyl (C=O) groups is 1. The van der Waals surface area contributed by atoms with Crippen LogP contribution < -0.4 is 10.2 Å². The first kappa shape index (κ1) is 21.3. The van der Waals surface area contributed by atoms with Crippen LogP contribution in [0.5, 0.6) is 0 Å². The highest BCUT2D eigenvalue weighted by Crippen LogP contribution is 2.40. The Kier molecular flexibility index (Phi) is 6.82.